The van der Waals surface area contributed by atoms with Gasteiger partial charge in [0.2, 0.25) is 0 Å². The molecular formula is C14H31N3. The number of rotatable bonds is 10. The third-order valence-electron chi connectivity index (χ3n) is 3.45. The SMILES string of the molecule is CNC(C)=CCCC(CCCC(C)NC)NC. The van der Waals surface area contributed by atoms with E-state index in [0.717, 1.165) is 6.42 Å². The number of hydrogen-bond acceptors (Lipinski definition) is 3. The zero-order chi connectivity index (χ0) is 13.1. The Morgan fingerprint density at radius 3 is 2.29 bits per heavy atom. The Hall–Kier alpha value is -0.540. The van der Waals surface area contributed by atoms with Crippen LogP contribution < -0.4 is 16.0 Å². The predicted octanol–water partition coefficient (Wildman–Crippen LogP) is 2.26. The number of hydrogen-bond donors (Lipinski definition) is 3. The van der Waals surface area contributed by atoms with Crippen molar-refractivity contribution < 1.29 is 0 Å². The van der Waals surface area contributed by atoms with Gasteiger partial charge in [-0.25, -0.2) is 0 Å². The molecule has 0 amide bonds. The average molecular weight is 241 g/mol. The summed E-state index contributed by atoms with van der Waals surface area (Å²) in [5.41, 5.74) is 1.27. The van der Waals surface area contributed by atoms with Gasteiger partial charge in [0.25, 0.3) is 0 Å². The molecular weight excluding hydrogens is 210 g/mol. The summed E-state index contributed by atoms with van der Waals surface area (Å²) >= 11 is 0. The van der Waals surface area contributed by atoms with E-state index in [-0.39, 0.29) is 0 Å². The molecule has 17 heavy (non-hydrogen) atoms. The van der Waals surface area contributed by atoms with Crippen molar-refractivity contribution in [1.29, 1.82) is 0 Å². The summed E-state index contributed by atoms with van der Waals surface area (Å²) < 4.78 is 0. The lowest BCUT2D eigenvalue weighted by atomic mass is 10.0. The van der Waals surface area contributed by atoms with Crippen molar-refractivity contribution in [2.45, 2.75) is 58.0 Å². The summed E-state index contributed by atoms with van der Waals surface area (Å²) in [5.74, 6) is 0. The van der Waals surface area contributed by atoms with E-state index in [4.69, 9.17) is 0 Å². The highest BCUT2D eigenvalue weighted by Gasteiger charge is 2.06. The minimum atomic E-state index is 0.638. The van der Waals surface area contributed by atoms with Crippen LogP contribution in [0.15, 0.2) is 11.8 Å². The lowest BCUT2D eigenvalue weighted by Crippen LogP contribution is -2.26. The van der Waals surface area contributed by atoms with Crippen molar-refractivity contribution >= 4 is 0 Å². The van der Waals surface area contributed by atoms with Crippen molar-refractivity contribution in [3.8, 4) is 0 Å². The van der Waals surface area contributed by atoms with Gasteiger partial charge in [0, 0.05) is 24.8 Å². The van der Waals surface area contributed by atoms with Crippen LogP contribution in [0.1, 0.15) is 46.0 Å². The van der Waals surface area contributed by atoms with Gasteiger partial charge >= 0.3 is 0 Å². The van der Waals surface area contributed by atoms with Gasteiger partial charge in [-0.1, -0.05) is 12.5 Å². The molecule has 0 rings (SSSR count). The van der Waals surface area contributed by atoms with Crippen LogP contribution in [0.2, 0.25) is 0 Å². The summed E-state index contributed by atoms with van der Waals surface area (Å²) in [5, 5.41) is 9.85. The molecule has 2 atom stereocenters. The third kappa shape index (κ3) is 9.19. The molecule has 0 spiro atoms. The van der Waals surface area contributed by atoms with E-state index >= 15 is 0 Å². The molecule has 2 unspecified atom stereocenters. The molecule has 0 aromatic carbocycles. The van der Waals surface area contributed by atoms with Crippen LogP contribution in [0.4, 0.5) is 0 Å². The molecule has 3 heteroatoms. The van der Waals surface area contributed by atoms with Crippen molar-refractivity contribution in [1.82, 2.24) is 16.0 Å². The minimum absolute atomic E-state index is 0.638. The van der Waals surface area contributed by atoms with Crippen LogP contribution in [0, 0.1) is 0 Å². The van der Waals surface area contributed by atoms with Crippen molar-refractivity contribution in [3.05, 3.63) is 11.8 Å². The van der Waals surface area contributed by atoms with Crippen LogP contribution >= 0.6 is 0 Å². The van der Waals surface area contributed by atoms with Crippen molar-refractivity contribution in [2.75, 3.05) is 21.1 Å². The topological polar surface area (TPSA) is 36.1 Å². The molecule has 0 bridgehead atoms. The van der Waals surface area contributed by atoms with Crippen LogP contribution in [-0.2, 0) is 0 Å². The van der Waals surface area contributed by atoms with Gasteiger partial charge in [0.15, 0.2) is 0 Å². The van der Waals surface area contributed by atoms with Gasteiger partial charge in [0.05, 0.1) is 0 Å². The van der Waals surface area contributed by atoms with Gasteiger partial charge in [-0.2, -0.15) is 0 Å². The third-order valence-corrected chi connectivity index (χ3v) is 3.45. The molecule has 3 nitrogen and oxygen atoms in total. The van der Waals surface area contributed by atoms with Gasteiger partial charge in [-0.3, -0.25) is 0 Å². The molecule has 3 N–H and O–H groups in total. The lowest BCUT2D eigenvalue weighted by molar-refractivity contribution is 0.443. The zero-order valence-corrected chi connectivity index (χ0v) is 12.3. The Morgan fingerprint density at radius 2 is 1.76 bits per heavy atom. The molecule has 0 radical (unpaired) electrons. The van der Waals surface area contributed by atoms with Gasteiger partial charge in [0.1, 0.15) is 0 Å². The fourth-order valence-corrected chi connectivity index (χ4v) is 1.85. The fraction of sp³-hybridized carbons (Fsp3) is 0.857. The highest BCUT2D eigenvalue weighted by molar-refractivity contribution is 4.94. The summed E-state index contributed by atoms with van der Waals surface area (Å²) in [4.78, 5) is 0. The maximum atomic E-state index is 3.42. The summed E-state index contributed by atoms with van der Waals surface area (Å²) in [7, 11) is 6.08. The molecule has 0 aromatic rings. The van der Waals surface area contributed by atoms with Crippen LogP contribution in [-0.4, -0.2) is 33.2 Å². The summed E-state index contributed by atoms with van der Waals surface area (Å²) in [6.07, 6.45) is 8.49. The first-order valence-corrected chi connectivity index (χ1v) is 6.83. The van der Waals surface area contributed by atoms with E-state index in [1.165, 1.54) is 31.4 Å². The van der Waals surface area contributed by atoms with Gasteiger partial charge in [-0.15, -0.1) is 0 Å². The van der Waals surface area contributed by atoms with E-state index < -0.39 is 0 Å². The Balaban J connectivity index is 3.69. The lowest BCUT2D eigenvalue weighted by Gasteiger charge is -2.17. The fourth-order valence-electron chi connectivity index (χ4n) is 1.85. The first-order valence-electron chi connectivity index (χ1n) is 6.83. The second-order valence-corrected chi connectivity index (χ2v) is 4.82. The van der Waals surface area contributed by atoms with E-state index in [9.17, 15) is 0 Å². The van der Waals surface area contributed by atoms with Gasteiger partial charge in [-0.05, 0) is 53.6 Å². The Labute approximate surface area is 107 Å². The normalized spacial score (nSPS) is 15.7. The van der Waals surface area contributed by atoms with Crippen molar-refractivity contribution in [2.24, 2.45) is 0 Å². The predicted molar refractivity (Wildman–Crippen MR) is 77.3 cm³/mol. The van der Waals surface area contributed by atoms with Crippen LogP contribution in [0.25, 0.3) is 0 Å². The zero-order valence-electron chi connectivity index (χ0n) is 12.3. The number of nitrogens with one attached hydrogen (secondary N) is 3. The van der Waals surface area contributed by atoms with E-state index in [0.29, 0.717) is 12.1 Å². The van der Waals surface area contributed by atoms with Crippen LogP contribution in [0.5, 0.6) is 0 Å². The highest BCUT2D eigenvalue weighted by atomic mass is 14.9. The maximum absolute atomic E-state index is 3.42. The quantitative estimate of drug-likeness (QED) is 0.549. The van der Waals surface area contributed by atoms with E-state index in [1.54, 1.807) is 0 Å². The molecule has 0 heterocycles. The standard InChI is InChI=1S/C14H31N3/c1-12(15-3)8-6-10-14(17-5)11-7-9-13(2)16-4/h8,13-17H,6-7,9-11H2,1-5H3. The molecule has 0 aliphatic heterocycles. The molecule has 102 valence electrons. The minimum Gasteiger partial charge on any atom is -0.392 e. The van der Waals surface area contributed by atoms with E-state index in [2.05, 4.69) is 42.9 Å². The second-order valence-electron chi connectivity index (χ2n) is 4.82. The summed E-state index contributed by atoms with van der Waals surface area (Å²) in [6.45, 7) is 4.36. The first kappa shape index (κ1) is 16.5. The molecule has 0 aliphatic rings. The average Bonchev–Trinajstić information content (AvgIpc) is 2.36. The molecule has 0 aliphatic carbocycles. The molecule has 0 fully saturated rings. The number of allylic oxidation sites excluding steroid dienone is 2. The second kappa shape index (κ2) is 10.6. The Morgan fingerprint density at radius 1 is 1.06 bits per heavy atom. The molecule has 0 saturated heterocycles. The first-order chi connectivity index (χ1) is 8.13. The maximum Gasteiger partial charge on any atom is 0.00670 e. The summed E-state index contributed by atoms with van der Waals surface area (Å²) in [6, 6.07) is 1.29. The molecule has 0 aromatic heterocycles. The Bertz CT molecular complexity index is 202. The highest BCUT2D eigenvalue weighted by Crippen LogP contribution is 2.09. The Kier molecular flexibility index (Phi) is 10.3. The molecule has 0 saturated carbocycles. The largest absolute Gasteiger partial charge is 0.392 e. The smallest absolute Gasteiger partial charge is 0.00670 e. The van der Waals surface area contributed by atoms with Crippen molar-refractivity contribution in [3.63, 3.8) is 0 Å². The monoisotopic (exact) mass is 241 g/mol. The van der Waals surface area contributed by atoms with Gasteiger partial charge < -0.3 is 16.0 Å². The van der Waals surface area contributed by atoms with Crippen LogP contribution in [0.3, 0.4) is 0 Å². The van der Waals surface area contributed by atoms with E-state index in [1.807, 2.05) is 14.1 Å².